The first-order valence-electron chi connectivity index (χ1n) is 5.65. The number of hydrogen-bond acceptors (Lipinski definition) is 5. The Bertz CT molecular complexity index is 466. The van der Waals surface area contributed by atoms with Gasteiger partial charge in [-0.3, -0.25) is 4.98 Å². The van der Waals surface area contributed by atoms with Gasteiger partial charge in [-0.1, -0.05) is 25.1 Å². The molecule has 5 nitrogen and oxygen atoms in total. The Balaban J connectivity index is 2.09. The van der Waals surface area contributed by atoms with E-state index in [0.29, 0.717) is 18.1 Å². The van der Waals surface area contributed by atoms with Crippen molar-refractivity contribution in [2.45, 2.75) is 26.3 Å². The van der Waals surface area contributed by atoms with Gasteiger partial charge in [0, 0.05) is 11.9 Å². The van der Waals surface area contributed by atoms with E-state index in [1.807, 2.05) is 32.0 Å². The van der Waals surface area contributed by atoms with Gasteiger partial charge in [0.05, 0.1) is 12.5 Å². The number of rotatable bonds is 4. The van der Waals surface area contributed by atoms with Crippen molar-refractivity contribution in [1.29, 1.82) is 0 Å². The van der Waals surface area contributed by atoms with Crippen LogP contribution in [0.4, 0.5) is 0 Å². The molecule has 0 aliphatic rings. The fraction of sp³-hybridized carbons (Fsp3) is 0.417. The normalized spacial score (nSPS) is 12.9. The zero-order valence-corrected chi connectivity index (χ0v) is 10.00. The summed E-state index contributed by atoms with van der Waals surface area (Å²) in [6.07, 6.45) is 2.31. The molecular formula is C12H16N4O. The van der Waals surface area contributed by atoms with Crippen molar-refractivity contribution >= 4 is 0 Å². The molecule has 0 saturated carbocycles. The van der Waals surface area contributed by atoms with Gasteiger partial charge in [0.1, 0.15) is 0 Å². The third kappa shape index (κ3) is 2.88. The lowest BCUT2D eigenvalue weighted by molar-refractivity contribution is 0.322. The molecule has 0 saturated heterocycles. The van der Waals surface area contributed by atoms with Gasteiger partial charge in [-0.2, -0.15) is 4.98 Å². The highest BCUT2D eigenvalue weighted by molar-refractivity contribution is 5.09. The van der Waals surface area contributed by atoms with Gasteiger partial charge in [0.15, 0.2) is 5.82 Å². The topological polar surface area (TPSA) is 77.8 Å². The van der Waals surface area contributed by atoms with Crippen molar-refractivity contribution in [3.63, 3.8) is 0 Å². The summed E-state index contributed by atoms with van der Waals surface area (Å²) in [6.45, 7) is 4.04. The lowest BCUT2D eigenvalue weighted by atomic mass is 10.1. The van der Waals surface area contributed by atoms with Crippen molar-refractivity contribution in [2.24, 2.45) is 11.7 Å². The molecule has 0 amide bonds. The van der Waals surface area contributed by atoms with E-state index in [1.54, 1.807) is 6.20 Å². The van der Waals surface area contributed by atoms with Crippen molar-refractivity contribution in [1.82, 2.24) is 15.1 Å². The molecule has 2 aromatic rings. The van der Waals surface area contributed by atoms with Crippen molar-refractivity contribution in [2.75, 3.05) is 0 Å². The van der Waals surface area contributed by atoms with Gasteiger partial charge >= 0.3 is 0 Å². The molecular weight excluding hydrogens is 216 g/mol. The number of nitrogens with zero attached hydrogens (tertiary/aromatic N) is 3. The fourth-order valence-corrected chi connectivity index (χ4v) is 1.42. The summed E-state index contributed by atoms with van der Waals surface area (Å²) in [7, 11) is 0. The summed E-state index contributed by atoms with van der Waals surface area (Å²) in [5, 5.41) is 3.91. The van der Waals surface area contributed by atoms with E-state index < -0.39 is 0 Å². The van der Waals surface area contributed by atoms with Crippen LogP contribution in [-0.2, 0) is 6.42 Å². The molecule has 5 heteroatoms. The van der Waals surface area contributed by atoms with Gasteiger partial charge in [-0.15, -0.1) is 0 Å². The number of nitrogens with two attached hydrogens (primary N) is 1. The Morgan fingerprint density at radius 1 is 1.35 bits per heavy atom. The second kappa shape index (κ2) is 5.05. The van der Waals surface area contributed by atoms with Crippen LogP contribution in [0.3, 0.4) is 0 Å². The third-order valence-electron chi connectivity index (χ3n) is 2.55. The number of pyridine rings is 1. The molecule has 90 valence electrons. The molecule has 0 fully saturated rings. The Labute approximate surface area is 100 Å². The van der Waals surface area contributed by atoms with Crippen molar-refractivity contribution < 1.29 is 4.52 Å². The van der Waals surface area contributed by atoms with Crippen molar-refractivity contribution in [3.05, 3.63) is 41.8 Å². The Kier molecular flexibility index (Phi) is 3.49. The molecule has 1 unspecified atom stereocenters. The lowest BCUT2D eigenvalue weighted by Gasteiger charge is -2.09. The van der Waals surface area contributed by atoms with Gasteiger partial charge < -0.3 is 10.3 Å². The van der Waals surface area contributed by atoms with E-state index in [9.17, 15) is 0 Å². The average molecular weight is 232 g/mol. The van der Waals surface area contributed by atoms with Gasteiger partial charge in [0.2, 0.25) is 5.89 Å². The third-order valence-corrected chi connectivity index (χ3v) is 2.55. The minimum absolute atomic E-state index is 0.208. The maximum atomic E-state index is 5.93. The minimum atomic E-state index is -0.208. The smallest absolute Gasteiger partial charge is 0.243 e. The molecule has 2 rings (SSSR count). The molecule has 0 radical (unpaired) electrons. The van der Waals surface area contributed by atoms with E-state index >= 15 is 0 Å². The first-order chi connectivity index (χ1) is 8.16. The molecule has 17 heavy (non-hydrogen) atoms. The number of aromatic nitrogens is 3. The molecule has 0 aliphatic heterocycles. The highest BCUT2D eigenvalue weighted by atomic mass is 16.5. The quantitative estimate of drug-likeness (QED) is 0.868. The SMILES string of the molecule is CC(C)C(N)c1nc(Cc2ccccn2)no1. The molecule has 0 aromatic carbocycles. The average Bonchev–Trinajstić information content (AvgIpc) is 2.77. The van der Waals surface area contributed by atoms with Gasteiger partial charge in [-0.05, 0) is 18.1 Å². The van der Waals surface area contributed by atoms with E-state index in [1.165, 1.54) is 0 Å². The summed E-state index contributed by atoms with van der Waals surface area (Å²) < 4.78 is 5.15. The summed E-state index contributed by atoms with van der Waals surface area (Å²) >= 11 is 0. The second-order valence-electron chi connectivity index (χ2n) is 4.32. The van der Waals surface area contributed by atoms with Crippen LogP contribution < -0.4 is 5.73 Å². The zero-order valence-electron chi connectivity index (χ0n) is 10.00. The van der Waals surface area contributed by atoms with Crippen LogP contribution in [0.25, 0.3) is 0 Å². The fourth-order valence-electron chi connectivity index (χ4n) is 1.42. The van der Waals surface area contributed by atoms with Crippen LogP contribution in [-0.4, -0.2) is 15.1 Å². The molecule has 2 aromatic heterocycles. The minimum Gasteiger partial charge on any atom is -0.338 e. The van der Waals surface area contributed by atoms with Gasteiger partial charge in [-0.25, -0.2) is 0 Å². The maximum absolute atomic E-state index is 5.93. The van der Waals surface area contributed by atoms with E-state index in [2.05, 4.69) is 15.1 Å². The highest BCUT2D eigenvalue weighted by Crippen LogP contribution is 2.17. The Hall–Kier alpha value is -1.75. The van der Waals surface area contributed by atoms with Crippen LogP contribution in [0, 0.1) is 5.92 Å². The Morgan fingerprint density at radius 2 is 2.18 bits per heavy atom. The Morgan fingerprint density at radius 3 is 2.82 bits per heavy atom. The molecule has 2 N–H and O–H groups in total. The van der Waals surface area contributed by atoms with Crippen LogP contribution in [0.5, 0.6) is 0 Å². The molecule has 0 spiro atoms. The first kappa shape index (κ1) is 11.7. The molecule has 1 atom stereocenters. The zero-order chi connectivity index (χ0) is 12.3. The standard InChI is InChI=1S/C12H16N4O/c1-8(2)11(13)12-15-10(16-17-12)7-9-5-3-4-6-14-9/h3-6,8,11H,7,13H2,1-2H3. The lowest BCUT2D eigenvalue weighted by Crippen LogP contribution is -2.17. The van der Waals surface area contributed by atoms with Gasteiger partial charge in [0.25, 0.3) is 0 Å². The van der Waals surface area contributed by atoms with Crippen molar-refractivity contribution in [3.8, 4) is 0 Å². The van der Waals surface area contributed by atoms with Crippen LogP contribution in [0.15, 0.2) is 28.9 Å². The largest absolute Gasteiger partial charge is 0.338 e. The first-order valence-corrected chi connectivity index (χ1v) is 5.65. The predicted octanol–water partition coefficient (Wildman–Crippen LogP) is 1.71. The summed E-state index contributed by atoms with van der Waals surface area (Å²) in [6, 6.07) is 5.53. The molecule has 0 aliphatic carbocycles. The van der Waals surface area contributed by atoms with E-state index in [4.69, 9.17) is 10.3 Å². The monoisotopic (exact) mass is 232 g/mol. The van der Waals surface area contributed by atoms with Crippen LogP contribution >= 0.6 is 0 Å². The molecule has 0 bridgehead atoms. The summed E-state index contributed by atoms with van der Waals surface area (Å²) in [5.41, 5.74) is 6.85. The highest BCUT2D eigenvalue weighted by Gasteiger charge is 2.18. The maximum Gasteiger partial charge on any atom is 0.243 e. The molecule has 2 heterocycles. The van der Waals surface area contributed by atoms with Crippen LogP contribution in [0.1, 0.15) is 37.3 Å². The predicted molar refractivity (Wildman–Crippen MR) is 63.1 cm³/mol. The van der Waals surface area contributed by atoms with Crippen LogP contribution in [0.2, 0.25) is 0 Å². The van der Waals surface area contributed by atoms with E-state index in [-0.39, 0.29) is 12.0 Å². The summed E-state index contributed by atoms with van der Waals surface area (Å²) in [4.78, 5) is 8.49. The van der Waals surface area contributed by atoms with E-state index in [0.717, 1.165) is 5.69 Å². The second-order valence-corrected chi connectivity index (χ2v) is 4.32. The number of hydrogen-bond donors (Lipinski definition) is 1. The summed E-state index contributed by atoms with van der Waals surface area (Å²) in [5.74, 6) is 1.39.